The van der Waals surface area contributed by atoms with Crippen LogP contribution in [-0.2, 0) is 9.53 Å². The smallest absolute Gasteiger partial charge is 0.340 e. The van der Waals surface area contributed by atoms with Gasteiger partial charge in [0.2, 0.25) is 11.6 Å². The van der Waals surface area contributed by atoms with E-state index in [9.17, 15) is 9.59 Å². The number of para-hydroxylation sites is 1. The van der Waals surface area contributed by atoms with Crippen LogP contribution in [0.15, 0.2) is 30.5 Å². The Morgan fingerprint density at radius 2 is 2.13 bits per heavy atom. The first-order valence-electron chi connectivity index (χ1n) is 10.3. The number of benzene rings is 1. The lowest BCUT2D eigenvalue weighted by Crippen LogP contribution is -2.36. The topological polar surface area (TPSA) is 91.7 Å². The Kier molecular flexibility index (Phi) is 4.59. The second kappa shape index (κ2) is 7.43. The molecule has 156 valence electrons. The molecule has 1 saturated heterocycles. The van der Waals surface area contributed by atoms with E-state index in [0.29, 0.717) is 33.7 Å². The number of anilines is 2. The Morgan fingerprint density at radius 1 is 1.32 bits per heavy atom. The summed E-state index contributed by atoms with van der Waals surface area (Å²) in [7, 11) is 1.32. The lowest BCUT2D eigenvalue weighted by molar-refractivity contribution is -0.117. The van der Waals surface area contributed by atoms with Crippen molar-refractivity contribution in [1.29, 1.82) is 0 Å². The van der Waals surface area contributed by atoms with Crippen molar-refractivity contribution in [1.82, 2.24) is 9.97 Å². The summed E-state index contributed by atoms with van der Waals surface area (Å²) in [5.41, 5.74) is 3.73. The fourth-order valence-electron chi connectivity index (χ4n) is 3.87. The van der Waals surface area contributed by atoms with Crippen LogP contribution in [0.2, 0.25) is 0 Å². The number of carbonyl (C=O) groups is 2. The highest BCUT2D eigenvalue weighted by Crippen LogP contribution is 2.42. The van der Waals surface area contributed by atoms with Crippen molar-refractivity contribution < 1.29 is 14.3 Å². The first kappa shape index (κ1) is 19.1. The number of rotatable bonds is 5. The average Bonchev–Trinajstić information content (AvgIpc) is 3.50. The molecule has 5 rings (SSSR count). The van der Waals surface area contributed by atoms with Crippen molar-refractivity contribution in [3.63, 3.8) is 0 Å². The van der Waals surface area contributed by atoms with Gasteiger partial charge in [0.1, 0.15) is 0 Å². The van der Waals surface area contributed by atoms with E-state index in [1.54, 1.807) is 0 Å². The van der Waals surface area contributed by atoms with Gasteiger partial charge in [-0.25, -0.2) is 14.6 Å². The predicted octanol–water partition coefficient (Wildman–Crippen LogP) is 4.13. The second-order valence-corrected chi connectivity index (χ2v) is 7.87. The molecule has 1 aliphatic carbocycles. The Morgan fingerprint density at radius 3 is 2.77 bits per heavy atom. The molecule has 8 nitrogen and oxygen atoms in total. The molecule has 8 heteroatoms. The largest absolute Gasteiger partial charge is 0.465 e. The van der Waals surface area contributed by atoms with Crippen LogP contribution in [-0.4, -0.2) is 42.0 Å². The van der Waals surface area contributed by atoms with Crippen LogP contribution < -0.4 is 10.2 Å². The normalized spacial score (nSPS) is 15.3. The number of carbonyl (C=O) groups excluding carboxylic acids is 2. The number of nitrogens with zero attached hydrogens (tertiary/aromatic N) is 3. The van der Waals surface area contributed by atoms with Crippen LogP contribution in [0, 0.1) is 12.5 Å². The van der Waals surface area contributed by atoms with Crippen LogP contribution in [0.5, 0.6) is 0 Å². The summed E-state index contributed by atoms with van der Waals surface area (Å²) in [5.74, 6) is -0.192. The summed E-state index contributed by atoms with van der Waals surface area (Å²) < 4.78 is 4.91. The minimum atomic E-state index is -0.511. The number of aromatic nitrogens is 2. The molecule has 0 spiro atoms. The number of nitrogens with one attached hydrogen (secondary N) is 2. The molecule has 0 bridgehead atoms. The molecule has 1 amide bonds. The standard InChI is InChI=1S/C23H21N5O3/c1-24-19-14(5-3-6-18(19)28-9-4-10-28)17-11-15-16(23(30)31-2)12-25-21(20(15)26-17)27-22(29)13-7-8-13/h3,5-6,11-13,26H,4,7-10H2,2H3,(H,25,27,29). The Labute approximate surface area is 179 Å². The predicted molar refractivity (Wildman–Crippen MR) is 117 cm³/mol. The van der Waals surface area contributed by atoms with Gasteiger partial charge >= 0.3 is 5.97 Å². The van der Waals surface area contributed by atoms with Crippen molar-refractivity contribution in [3.05, 3.63) is 47.4 Å². The maximum atomic E-state index is 12.3. The summed E-state index contributed by atoms with van der Waals surface area (Å²) in [5, 5.41) is 3.46. The van der Waals surface area contributed by atoms with Crippen molar-refractivity contribution >= 4 is 40.0 Å². The summed E-state index contributed by atoms with van der Waals surface area (Å²) >= 11 is 0. The van der Waals surface area contributed by atoms with Crippen LogP contribution in [0.4, 0.5) is 17.2 Å². The number of pyridine rings is 1. The fourth-order valence-corrected chi connectivity index (χ4v) is 3.87. The number of hydrogen-bond acceptors (Lipinski definition) is 5. The molecule has 3 aromatic rings. The zero-order valence-electron chi connectivity index (χ0n) is 17.1. The zero-order valence-corrected chi connectivity index (χ0v) is 17.1. The molecule has 31 heavy (non-hydrogen) atoms. The van der Waals surface area contributed by atoms with Crippen molar-refractivity contribution in [2.75, 3.05) is 30.4 Å². The van der Waals surface area contributed by atoms with Gasteiger partial charge in [-0.05, 0) is 31.4 Å². The number of ether oxygens (including phenoxy) is 1. The molecule has 0 atom stereocenters. The van der Waals surface area contributed by atoms with E-state index < -0.39 is 5.97 Å². The fraction of sp³-hybridized carbons (Fsp3) is 0.304. The van der Waals surface area contributed by atoms with E-state index in [4.69, 9.17) is 11.3 Å². The SMILES string of the molecule is [C-]#[N+]c1c(-c2cc3c(C(=O)OC)cnc(NC(=O)C4CC4)c3[nH]2)cccc1N1CCC1. The quantitative estimate of drug-likeness (QED) is 0.483. The Balaban J connectivity index is 1.66. The third kappa shape index (κ3) is 3.28. The molecule has 0 unspecified atom stereocenters. The Hall–Kier alpha value is -3.86. The van der Waals surface area contributed by atoms with Crippen LogP contribution in [0.25, 0.3) is 27.0 Å². The minimum Gasteiger partial charge on any atom is -0.465 e. The van der Waals surface area contributed by atoms with Crippen molar-refractivity contribution in [2.24, 2.45) is 5.92 Å². The van der Waals surface area contributed by atoms with Crippen LogP contribution in [0.1, 0.15) is 29.6 Å². The molecule has 0 radical (unpaired) electrons. The van der Waals surface area contributed by atoms with E-state index in [1.165, 1.54) is 13.3 Å². The summed E-state index contributed by atoms with van der Waals surface area (Å²) in [6.45, 7) is 9.65. The van der Waals surface area contributed by atoms with Gasteiger partial charge in [-0.3, -0.25) is 4.79 Å². The number of methoxy groups -OCH3 is 1. The van der Waals surface area contributed by atoms with Gasteiger partial charge < -0.3 is 19.9 Å². The number of fused-ring (bicyclic) bond motifs is 1. The lowest BCUT2D eigenvalue weighted by Gasteiger charge is -2.34. The highest BCUT2D eigenvalue weighted by Gasteiger charge is 2.31. The molecule has 1 aromatic carbocycles. The molecule has 2 aromatic heterocycles. The molecular formula is C23H21N5O3. The first-order valence-corrected chi connectivity index (χ1v) is 10.3. The maximum absolute atomic E-state index is 12.3. The number of aromatic amines is 1. The molecule has 1 saturated carbocycles. The van der Waals surface area contributed by atoms with E-state index in [-0.39, 0.29) is 11.8 Å². The van der Waals surface area contributed by atoms with E-state index in [2.05, 4.69) is 25.0 Å². The summed E-state index contributed by atoms with van der Waals surface area (Å²) in [4.78, 5) is 38.2. The van der Waals surface area contributed by atoms with Gasteiger partial charge in [0, 0.05) is 47.5 Å². The minimum absolute atomic E-state index is 0.0218. The van der Waals surface area contributed by atoms with Gasteiger partial charge in [0.05, 0.1) is 24.8 Å². The van der Waals surface area contributed by atoms with E-state index in [0.717, 1.165) is 43.6 Å². The highest BCUT2D eigenvalue weighted by molar-refractivity contribution is 6.10. The van der Waals surface area contributed by atoms with E-state index in [1.807, 2.05) is 24.3 Å². The maximum Gasteiger partial charge on any atom is 0.340 e. The van der Waals surface area contributed by atoms with Crippen LogP contribution in [0.3, 0.4) is 0 Å². The third-order valence-electron chi connectivity index (χ3n) is 5.88. The molecule has 2 aliphatic rings. The lowest BCUT2D eigenvalue weighted by atomic mass is 10.0. The number of amides is 1. The molecule has 2 N–H and O–H groups in total. The first-order chi connectivity index (χ1) is 15.1. The summed E-state index contributed by atoms with van der Waals surface area (Å²) in [6.07, 6.45) is 4.29. The highest BCUT2D eigenvalue weighted by atomic mass is 16.5. The Bertz CT molecular complexity index is 1250. The van der Waals surface area contributed by atoms with Gasteiger partial charge in [-0.2, -0.15) is 0 Å². The summed E-state index contributed by atoms with van der Waals surface area (Å²) in [6, 6.07) is 7.59. The van der Waals surface area contributed by atoms with Gasteiger partial charge in [0.15, 0.2) is 5.82 Å². The second-order valence-electron chi connectivity index (χ2n) is 7.87. The number of H-pyrrole nitrogens is 1. The van der Waals surface area contributed by atoms with Gasteiger partial charge in [-0.15, -0.1) is 0 Å². The van der Waals surface area contributed by atoms with Crippen molar-refractivity contribution in [3.8, 4) is 11.3 Å². The van der Waals surface area contributed by atoms with Gasteiger partial charge in [-0.1, -0.05) is 12.1 Å². The monoisotopic (exact) mass is 415 g/mol. The number of hydrogen-bond donors (Lipinski definition) is 2. The van der Waals surface area contributed by atoms with Gasteiger partial charge in [0.25, 0.3) is 0 Å². The zero-order chi connectivity index (χ0) is 21.5. The average molecular weight is 415 g/mol. The molecule has 3 heterocycles. The third-order valence-corrected chi connectivity index (χ3v) is 5.88. The number of esters is 1. The molecular weight excluding hydrogens is 394 g/mol. The van der Waals surface area contributed by atoms with Crippen molar-refractivity contribution in [2.45, 2.75) is 19.3 Å². The van der Waals surface area contributed by atoms with E-state index >= 15 is 0 Å². The molecule has 1 aliphatic heterocycles. The van der Waals surface area contributed by atoms with Crippen LogP contribution >= 0.6 is 0 Å². The molecule has 2 fully saturated rings.